The van der Waals surface area contributed by atoms with Crippen molar-refractivity contribution in [1.82, 2.24) is 0 Å². The molecule has 0 unspecified atom stereocenters. The van der Waals surface area contributed by atoms with Crippen molar-refractivity contribution in [1.29, 1.82) is 5.26 Å². The Bertz CT molecular complexity index is 424. The van der Waals surface area contributed by atoms with Crippen molar-refractivity contribution in [2.24, 2.45) is 0 Å². The highest BCUT2D eigenvalue weighted by Gasteiger charge is 2.19. The molecular formula is C9H6ClFN2O3. The van der Waals surface area contributed by atoms with Gasteiger partial charge in [0.25, 0.3) is 5.24 Å². The van der Waals surface area contributed by atoms with Crippen LogP contribution in [0, 0.1) is 27.3 Å². The van der Waals surface area contributed by atoms with E-state index < -0.39 is 27.2 Å². The minimum Gasteiger partial charge on any atom is -0.275 e. The summed E-state index contributed by atoms with van der Waals surface area (Å²) in [5, 5.41) is 16.5. The molecule has 0 radical (unpaired) electrons. The number of nitrogens with zero attached hydrogens (tertiary/aromatic N) is 2. The molecule has 0 saturated carbocycles. The maximum Gasteiger partial charge on any atom is 0.305 e. The first-order chi connectivity index (χ1) is 7.45. The van der Waals surface area contributed by atoms with Crippen molar-refractivity contribution in [3.63, 3.8) is 0 Å². The molecule has 0 atom stereocenters. The highest BCUT2D eigenvalue weighted by atomic mass is 35.5. The van der Waals surface area contributed by atoms with Crippen LogP contribution in [0.3, 0.4) is 0 Å². The van der Waals surface area contributed by atoms with Crippen LogP contribution in [0.15, 0.2) is 18.2 Å². The van der Waals surface area contributed by atoms with Crippen LogP contribution in [-0.4, -0.2) is 10.2 Å². The van der Waals surface area contributed by atoms with Gasteiger partial charge in [0.05, 0.1) is 16.6 Å². The minimum absolute atomic E-state index is 0.490. The van der Waals surface area contributed by atoms with Crippen molar-refractivity contribution in [3.8, 4) is 6.07 Å². The molecule has 0 N–H and O–H groups in total. The van der Waals surface area contributed by atoms with Gasteiger partial charge in [0.2, 0.25) is 5.82 Å². The van der Waals surface area contributed by atoms with Gasteiger partial charge in [-0.1, -0.05) is 6.07 Å². The van der Waals surface area contributed by atoms with E-state index in [2.05, 4.69) is 0 Å². The third kappa shape index (κ3) is 3.63. The third-order valence-corrected chi connectivity index (χ3v) is 1.59. The summed E-state index contributed by atoms with van der Waals surface area (Å²) in [5.41, 5.74) is -1.25. The van der Waals surface area contributed by atoms with Gasteiger partial charge in [-0.25, -0.2) is 0 Å². The van der Waals surface area contributed by atoms with Crippen LogP contribution in [0.5, 0.6) is 0 Å². The molecular weight excluding hydrogens is 239 g/mol. The molecule has 0 aliphatic carbocycles. The Hall–Kier alpha value is -2.00. The van der Waals surface area contributed by atoms with Crippen LogP contribution in [0.2, 0.25) is 0 Å². The average molecular weight is 245 g/mol. The molecule has 16 heavy (non-hydrogen) atoms. The Labute approximate surface area is 95.2 Å². The smallest absolute Gasteiger partial charge is 0.275 e. The van der Waals surface area contributed by atoms with E-state index in [1.54, 1.807) is 6.07 Å². The molecule has 84 valence electrons. The van der Waals surface area contributed by atoms with Gasteiger partial charge in [-0.2, -0.15) is 9.65 Å². The maximum absolute atomic E-state index is 13.0. The summed E-state index contributed by atoms with van der Waals surface area (Å²) in [6, 6.07) is 4.98. The molecule has 0 aliphatic rings. The van der Waals surface area contributed by atoms with Crippen LogP contribution >= 0.6 is 11.6 Å². The van der Waals surface area contributed by atoms with Crippen molar-refractivity contribution in [2.45, 2.75) is 6.92 Å². The number of nitro groups is 1. The zero-order valence-electron chi connectivity index (χ0n) is 8.11. The van der Waals surface area contributed by atoms with Crippen LogP contribution in [0.4, 0.5) is 10.1 Å². The van der Waals surface area contributed by atoms with Gasteiger partial charge in [0.15, 0.2) is 0 Å². The number of hydrogen-bond acceptors (Lipinski definition) is 4. The molecule has 0 bridgehead atoms. The monoisotopic (exact) mass is 244 g/mol. The zero-order chi connectivity index (χ0) is 12.7. The van der Waals surface area contributed by atoms with Gasteiger partial charge < -0.3 is 0 Å². The van der Waals surface area contributed by atoms with Gasteiger partial charge in [-0.05, 0) is 17.7 Å². The normalized spacial score (nSPS) is 8.38. The number of benzene rings is 1. The fraction of sp³-hybridized carbons (Fsp3) is 0.111. The first-order valence-corrected chi connectivity index (χ1v) is 4.27. The molecule has 1 aromatic rings. The number of nitro benzene ring substituents is 1. The Balaban J connectivity index is 0.000000673. The molecule has 0 heterocycles. The molecule has 1 aromatic carbocycles. The molecule has 1 rings (SSSR count). The SMILES string of the molecule is CC#N.O=C(Cl)c1cccc([N+](=O)[O-])c1F. The largest absolute Gasteiger partial charge is 0.305 e. The zero-order valence-corrected chi connectivity index (χ0v) is 8.86. The van der Waals surface area contributed by atoms with Crippen molar-refractivity contribution in [3.05, 3.63) is 39.7 Å². The molecule has 0 saturated heterocycles. The average Bonchev–Trinajstić information content (AvgIpc) is 2.18. The molecule has 0 aromatic heterocycles. The lowest BCUT2D eigenvalue weighted by atomic mass is 10.2. The van der Waals surface area contributed by atoms with E-state index in [9.17, 15) is 19.3 Å². The van der Waals surface area contributed by atoms with E-state index in [4.69, 9.17) is 16.9 Å². The molecule has 0 aliphatic heterocycles. The molecule has 7 heteroatoms. The lowest BCUT2D eigenvalue weighted by Crippen LogP contribution is -1.99. The van der Waals surface area contributed by atoms with Gasteiger partial charge in [-0.15, -0.1) is 0 Å². The van der Waals surface area contributed by atoms with Gasteiger partial charge >= 0.3 is 5.69 Å². The Morgan fingerprint density at radius 1 is 1.62 bits per heavy atom. The summed E-state index contributed by atoms with van der Waals surface area (Å²) in [6.07, 6.45) is 0. The molecule has 5 nitrogen and oxygen atoms in total. The van der Waals surface area contributed by atoms with Gasteiger partial charge in [-0.3, -0.25) is 14.9 Å². The van der Waals surface area contributed by atoms with Crippen LogP contribution in [0.25, 0.3) is 0 Å². The van der Waals surface area contributed by atoms with E-state index in [0.717, 1.165) is 12.1 Å². The molecule has 0 amide bonds. The Morgan fingerprint density at radius 3 is 2.50 bits per heavy atom. The minimum atomic E-state index is -1.20. The first-order valence-electron chi connectivity index (χ1n) is 3.89. The Kier molecular flexibility index (Phi) is 5.67. The quantitative estimate of drug-likeness (QED) is 0.455. The summed E-state index contributed by atoms with van der Waals surface area (Å²) in [7, 11) is 0. The molecule has 0 fully saturated rings. The van der Waals surface area contributed by atoms with E-state index in [1.807, 2.05) is 0 Å². The fourth-order valence-electron chi connectivity index (χ4n) is 0.813. The summed E-state index contributed by atoms with van der Waals surface area (Å²) >= 11 is 4.98. The Morgan fingerprint density at radius 2 is 2.12 bits per heavy atom. The predicted octanol–water partition coefficient (Wildman–Crippen LogP) is 2.64. The number of carbonyl (C=O) groups is 1. The van der Waals surface area contributed by atoms with E-state index in [1.165, 1.54) is 13.0 Å². The number of hydrogen-bond donors (Lipinski definition) is 0. The standard InChI is InChI=1S/C7H3ClFNO3.C2H3N/c8-7(11)4-2-1-3-5(6(4)9)10(12)13;1-2-3/h1-3H;1H3. The lowest BCUT2D eigenvalue weighted by Gasteiger charge is -1.96. The second-order valence-electron chi connectivity index (χ2n) is 2.39. The summed E-state index contributed by atoms with van der Waals surface area (Å²) in [5.74, 6) is -1.20. The topological polar surface area (TPSA) is 84.0 Å². The summed E-state index contributed by atoms with van der Waals surface area (Å²) in [6.45, 7) is 1.43. The number of rotatable bonds is 2. The van der Waals surface area contributed by atoms with Crippen LogP contribution in [0.1, 0.15) is 17.3 Å². The first kappa shape index (κ1) is 14.0. The van der Waals surface area contributed by atoms with E-state index in [0.29, 0.717) is 0 Å². The summed E-state index contributed by atoms with van der Waals surface area (Å²) in [4.78, 5) is 19.8. The maximum atomic E-state index is 13.0. The van der Waals surface area contributed by atoms with Crippen molar-refractivity contribution >= 4 is 22.5 Å². The second kappa shape index (κ2) is 6.48. The molecule has 0 spiro atoms. The van der Waals surface area contributed by atoms with Crippen LogP contribution < -0.4 is 0 Å². The van der Waals surface area contributed by atoms with Gasteiger partial charge in [0, 0.05) is 13.0 Å². The van der Waals surface area contributed by atoms with Crippen molar-refractivity contribution < 1.29 is 14.1 Å². The number of carbonyl (C=O) groups excluding carboxylic acids is 1. The second-order valence-corrected chi connectivity index (χ2v) is 2.74. The highest BCUT2D eigenvalue weighted by molar-refractivity contribution is 6.67. The summed E-state index contributed by atoms with van der Waals surface area (Å²) < 4.78 is 13.0. The van der Waals surface area contributed by atoms with Crippen molar-refractivity contribution in [2.75, 3.05) is 0 Å². The number of halogens is 2. The lowest BCUT2D eigenvalue weighted by molar-refractivity contribution is -0.387. The third-order valence-electron chi connectivity index (χ3n) is 1.39. The van der Waals surface area contributed by atoms with E-state index in [-0.39, 0.29) is 0 Å². The predicted molar refractivity (Wildman–Crippen MR) is 54.5 cm³/mol. The van der Waals surface area contributed by atoms with Gasteiger partial charge in [0.1, 0.15) is 0 Å². The van der Waals surface area contributed by atoms with E-state index >= 15 is 0 Å². The number of nitriles is 1. The fourth-order valence-corrected chi connectivity index (χ4v) is 0.959. The van der Waals surface area contributed by atoms with Crippen LogP contribution in [-0.2, 0) is 0 Å². The highest BCUT2D eigenvalue weighted by Crippen LogP contribution is 2.21.